The fourth-order valence-corrected chi connectivity index (χ4v) is 1.14. The summed E-state index contributed by atoms with van der Waals surface area (Å²) in [6, 6.07) is 0. The second-order valence-electron chi connectivity index (χ2n) is 4.42. The fraction of sp³-hybridized carbons (Fsp3) is 1.00. The molecule has 0 N–H and O–H groups in total. The zero-order valence-corrected chi connectivity index (χ0v) is 11.1. The van der Waals surface area contributed by atoms with Gasteiger partial charge in [0.05, 0.1) is 6.61 Å². The Labute approximate surface area is 127 Å². The molecule has 0 heterocycles. The van der Waals surface area contributed by atoms with Crippen molar-refractivity contribution in [1.29, 1.82) is 0 Å². The maximum atomic E-state index is 12.9. The summed E-state index contributed by atoms with van der Waals surface area (Å²) in [4.78, 5) is 0. The van der Waals surface area contributed by atoms with E-state index in [9.17, 15) is 65.9 Å². The number of hydrogen-bond acceptors (Lipinski definition) is 1. The first-order valence-electron chi connectivity index (χ1n) is 5.54. The van der Waals surface area contributed by atoms with Crippen LogP contribution in [0.1, 0.15) is 6.42 Å². The van der Waals surface area contributed by atoms with Gasteiger partial charge in [-0.1, -0.05) is 0 Å². The van der Waals surface area contributed by atoms with Gasteiger partial charge in [0, 0.05) is 6.42 Å². The van der Waals surface area contributed by atoms with Gasteiger partial charge in [0.25, 0.3) is 6.17 Å². The predicted molar refractivity (Wildman–Crippen MR) is 47.4 cm³/mol. The van der Waals surface area contributed by atoms with Gasteiger partial charge in [-0.15, -0.1) is 0 Å². The molecule has 0 saturated heterocycles. The maximum absolute atomic E-state index is 12.9. The summed E-state index contributed by atoms with van der Waals surface area (Å²) in [5.41, 5.74) is 0. The van der Waals surface area contributed by atoms with E-state index in [4.69, 9.17) is 0 Å². The van der Waals surface area contributed by atoms with Crippen LogP contribution in [-0.4, -0.2) is 49.0 Å². The molecule has 152 valence electrons. The third-order valence-electron chi connectivity index (χ3n) is 2.50. The molecule has 0 spiro atoms. The topological polar surface area (TPSA) is 9.23 Å². The monoisotopic (exact) mass is 414 g/mol. The Kier molecular flexibility index (Phi) is 6.28. The first-order valence-corrected chi connectivity index (χ1v) is 5.54. The van der Waals surface area contributed by atoms with Gasteiger partial charge in [0.1, 0.15) is 0 Å². The highest BCUT2D eigenvalue weighted by Gasteiger charge is 2.81. The molecule has 0 aromatic heterocycles. The summed E-state index contributed by atoms with van der Waals surface area (Å²) >= 11 is 0. The molecule has 0 aromatic rings. The summed E-state index contributed by atoms with van der Waals surface area (Å²) in [6.45, 7) is -2.60. The maximum Gasteiger partial charge on any atom is 0.460 e. The normalized spacial score (nSPS) is 16.9. The molecule has 0 radical (unpaired) electrons. The van der Waals surface area contributed by atoms with E-state index >= 15 is 0 Å². The van der Waals surface area contributed by atoms with Crippen molar-refractivity contribution in [3.05, 3.63) is 0 Å². The van der Waals surface area contributed by atoms with Gasteiger partial charge in [0.15, 0.2) is 0 Å². The van der Waals surface area contributed by atoms with E-state index in [1.807, 2.05) is 0 Å². The molecule has 1 nitrogen and oxygen atoms in total. The molecule has 0 aliphatic heterocycles. The van der Waals surface area contributed by atoms with Crippen molar-refractivity contribution in [1.82, 2.24) is 0 Å². The lowest BCUT2D eigenvalue weighted by Gasteiger charge is -2.33. The number of hydrogen-bond donors (Lipinski definition) is 0. The van der Waals surface area contributed by atoms with Crippen LogP contribution in [0.5, 0.6) is 0 Å². The summed E-state index contributed by atoms with van der Waals surface area (Å²) < 4.78 is 186. The van der Waals surface area contributed by atoms with E-state index in [-0.39, 0.29) is 0 Å². The van der Waals surface area contributed by atoms with Crippen LogP contribution in [0, 0.1) is 0 Å². The zero-order chi connectivity index (χ0) is 20.7. The molecular formula is C9H5F15O. The lowest BCUT2D eigenvalue weighted by atomic mass is 10.0. The molecule has 0 fully saturated rings. The average Bonchev–Trinajstić information content (AvgIpc) is 2.34. The minimum Gasteiger partial charge on any atom is -0.318 e. The third kappa shape index (κ3) is 4.75. The van der Waals surface area contributed by atoms with Crippen molar-refractivity contribution in [3.63, 3.8) is 0 Å². The second kappa shape index (κ2) is 6.57. The SMILES string of the molecule is F[C@H](C(F)(F)F)C(F)(F)OCCC(F)(F)C(F)(F)C(F)(F)C(F)(F)F. The van der Waals surface area contributed by atoms with Crippen molar-refractivity contribution in [3.8, 4) is 0 Å². The van der Waals surface area contributed by atoms with Gasteiger partial charge >= 0.3 is 36.2 Å². The van der Waals surface area contributed by atoms with Crippen LogP contribution >= 0.6 is 0 Å². The lowest BCUT2D eigenvalue weighted by Crippen LogP contribution is -2.61. The van der Waals surface area contributed by atoms with Gasteiger partial charge in [-0.3, -0.25) is 0 Å². The summed E-state index contributed by atoms with van der Waals surface area (Å²) in [5.74, 6) is -20.8. The molecule has 16 heteroatoms. The zero-order valence-electron chi connectivity index (χ0n) is 11.1. The Morgan fingerprint density at radius 1 is 0.640 bits per heavy atom. The summed E-state index contributed by atoms with van der Waals surface area (Å²) in [7, 11) is 0. The molecular weight excluding hydrogens is 409 g/mol. The number of ether oxygens (including phenoxy) is 1. The Balaban J connectivity index is 5.17. The molecule has 0 aromatic carbocycles. The quantitative estimate of drug-likeness (QED) is 0.511. The van der Waals surface area contributed by atoms with E-state index in [1.54, 1.807) is 0 Å². The molecule has 0 bridgehead atoms. The first kappa shape index (κ1) is 23.9. The van der Waals surface area contributed by atoms with Crippen LogP contribution in [0.2, 0.25) is 0 Å². The first-order chi connectivity index (χ1) is 10.6. The van der Waals surface area contributed by atoms with Crippen molar-refractivity contribution < 1.29 is 70.6 Å². The van der Waals surface area contributed by atoms with Crippen molar-refractivity contribution in [2.45, 2.75) is 48.8 Å². The van der Waals surface area contributed by atoms with Gasteiger partial charge in [0.2, 0.25) is 0 Å². The Hall–Kier alpha value is -1.09. The Morgan fingerprint density at radius 3 is 1.36 bits per heavy atom. The van der Waals surface area contributed by atoms with Crippen LogP contribution in [0.3, 0.4) is 0 Å². The van der Waals surface area contributed by atoms with Gasteiger partial charge < -0.3 is 4.74 Å². The molecule has 1 atom stereocenters. The van der Waals surface area contributed by atoms with E-state index < -0.39 is 55.4 Å². The molecule has 0 aliphatic rings. The summed E-state index contributed by atoms with van der Waals surface area (Å²) in [6.07, 6.45) is -27.4. The van der Waals surface area contributed by atoms with Gasteiger partial charge in [-0.25, -0.2) is 4.39 Å². The van der Waals surface area contributed by atoms with E-state index in [0.29, 0.717) is 0 Å². The van der Waals surface area contributed by atoms with Crippen molar-refractivity contribution >= 4 is 0 Å². The fourth-order valence-electron chi connectivity index (χ4n) is 1.14. The summed E-state index contributed by atoms with van der Waals surface area (Å²) in [5, 5.41) is 0. The van der Waals surface area contributed by atoms with Gasteiger partial charge in [-0.05, 0) is 0 Å². The van der Waals surface area contributed by atoms with Crippen LogP contribution < -0.4 is 0 Å². The molecule has 25 heavy (non-hydrogen) atoms. The van der Waals surface area contributed by atoms with E-state index in [2.05, 4.69) is 4.74 Å². The molecule has 0 aliphatic carbocycles. The molecule has 0 unspecified atom stereocenters. The van der Waals surface area contributed by atoms with Crippen molar-refractivity contribution in [2.24, 2.45) is 0 Å². The molecule has 0 amide bonds. The van der Waals surface area contributed by atoms with Gasteiger partial charge in [-0.2, -0.15) is 61.5 Å². The standard InChI is InChI=1S/C9H5F15O/c10-3(5(13,14)15)6(16,17)25-2-1-4(11,12)7(18,19)8(20,21)9(22,23)24/h3H,1-2H2/t3-/m1/s1. The lowest BCUT2D eigenvalue weighted by molar-refractivity contribution is -0.399. The average molecular weight is 414 g/mol. The minimum absolute atomic E-state index is 2.60. The molecule has 0 rings (SSSR count). The highest BCUT2D eigenvalue weighted by molar-refractivity contribution is 5.00. The van der Waals surface area contributed by atoms with Crippen LogP contribution in [0.25, 0.3) is 0 Å². The third-order valence-corrected chi connectivity index (χ3v) is 2.50. The van der Waals surface area contributed by atoms with Crippen molar-refractivity contribution in [2.75, 3.05) is 6.61 Å². The second-order valence-corrected chi connectivity index (χ2v) is 4.42. The predicted octanol–water partition coefficient (Wildman–Crippen LogP) is 5.35. The smallest absolute Gasteiger partial charge is 0.318 e. The van der Waals surface area contributed by atoms with E-state index in [0.717, 1.165) is 0 Å². The van der Waals surface area contributed by atoms with Crippen LogP contribution in [-0.2, 0) is 4.74 Å². The van der Waals surface area contributed by atoms with Crippen LogP contribution in [0.15, 0.2) is 0 Å². The highest BCUT2D eigenvalue weighted by atomic mass is 19.4. The number of alkyl halides is 15. The highest BCUT2D eigenvalue weighted by Crippen LogP contribution is 2.54. The largest absolute Gasteiger partial charge is 0.460 e. The molecule has 0 saturated carbocycles. The van der Waals surface area contributed by atoms with Crippen LogP contribution in [0.4, 0.5) is 65.9 Å². The Bertz CT molecular complexity index is 447. The minimum atomic E-state index is -7.30. The number of halogens is 15. The van der Waals surface area contributed by atoms with E-state index in [1.165, 1.54) is 0 Å². The number of rotatable bonds is 7. The Morgan fingerprint density at radius 2 is 1.04 bits per heavy atom.